The van der Waals surface area contributed by atoms with Crippen molar-refractivity contribution in [2.45, 2.75) is 32.2 Å². The fourth-order valence-corrected chi connectivity index (χ4v) is 3.29. The molecule has 1 saturated carbocycles. The Bertz CT molecular complexity index is 713. The fraction of sp³-hybridized carbons (Fsp3) is 0.400. The molecule has 2 N–H and O–H groups in total. The van der Waals surface area contributed by atoms with Crippen LogP contribution in [0.2, 0.25) is 0 Å². The van der Waals surface area contributed by atoms with Crippen molar-refractivity contribution in [2.24, 2.45) is 11.8 Å². The van der Waals surface area contributed by atoms with Gasteiger partial charge in [0.15, 0.2) is 0 Å². The molecule has 1 aliphatic rings. The number of hydrogen-bond acceptors (Lipinski definition) is 4. The number of hydrogen-bond donors (Lipinski definition) is 2. The highest BCUT2D eigenvalue weighted by Crippen LogP contribution is 2.28. The summed E-state index contributed by atoms with van der Waals surface area (Å²) in [4.78, 5) is 32.5. The molecule has 0 aliphatic heterocycles. The predicted octanol–water partition coefficient (Wildman–Crippen LogP) is 2.33. The number of carbonyl (C=O) groups is 2. The predicted molar refractivity (Wildman–Crippen MR) is 98.1 cm³/mol. The van der Waals surface area contributed by atoms with Gasteiger partial charge in [0.1, 0.15) is 5.69 Å². The smallest absolute Gasteiger partial charge is 0.269 e. The molecule has 2 aromatic heterocycles. The maximum Gasteiger partial charge on any atom is 0.269 e. The summed E-state index contributed by atoms with van der Waals surface area (Å²) < 4.78 is 0. The van der Waals surface area contributed by atoms with E-state index >= 15 is 0 Å². The first-order valence-electron chi connectivity index (χ1n) is 9.08. The van der Waals surface area contributed by atoms with E-state index in [1.165, 1.54) is 0 Å². The molecule has 0 saturated heterocycles. The second kappa shape index (κ2) is 9.08. The van der Waals surface area contributed by atoms with Crippen LogP contribution in [0.1, 0.15) is 41.7 Å². The molecular weight excluding hydrogens is 328 g/mol. The highest BCUT2D eigenvalue weighted by Gasteiger charge is 2.26. The molecule has 0 atom stereocenters. The average molecular weight is 352 g/mol. The van der Waals surface area contributed by atoms with Crippen molar-refractivity contribution in [1.29, 1.82) is 0 Å². The Labute approximate surface area is 153 Å². The third kappa shape index (κ3) is 5.12. The van der Waals surface area contributed by atoms with Crippen molar-refractivity contribution >= 4 is 11.8 Å². The summed E-state index contributed by atoms with van der Waals surface area (Å²) >= 11 is 0. The fourth-order valence-electron chi connectivity index (χ4n) is 3.29. The van der Waals surface area contributed by atoms with Crippen LogP contribution in [0.25, 0.3) is 0 Å². The van der Waals surface area contributed by atoms with E-state index in [9.17, 15) is 9.59 Å². The van der Waals surface area contributed by atoms with E-state index in [2.05, 4.69) is 20.6 Å². The summed E-state index contributed by atoms with van der Waals surface area (Å²) in [5.41, 5.74) is 1.45. The normalized spacial score (nSPS) is 19.5. The molecule has 2 aromatic rings. The Balaban J connectivity index is 1.37. The minimum Gasteiger partial charge on any atom is -0.352 e. The number of nitrogens with zero attached hydrogens (tertiary/aromatic N) is 2. The van der Waals surface area contributed by atoms with Crippen LogP contribution >= 0.6 is 0 Å². The van der Waals surface area contributed by atoms with Crippen LogP contribution in [0.4, 0.5) is 0 Å². The number of pyridine rings is 2. The summed E-state index contributed by atoms with van der Waals surface area (Å²) in [5.74, 6) is 0.464. The van der Waals surface area contributed by atoms with E-state index in [4.69, 9.17) is 0 Å². The largest absolute Gasteiger partial charge is 0.352 e. The lowest BCUT2D eigenvalue weighted by atomic mass is 9.81. The van der Waals surface area contributed by atoms with Crippen molar-refractivity contribution in [1.82, 2.24) is 20.6 Å². The highest BCUT2D eigenvalue weighted by molar-refractivity contribution is 5.92. The molecule has 1 fully saturated rings. The molecule has 136 valence electrons. The van der Waals surface area contributed by atoms with Gasteiger partial charge in [-0.15, -0.1) is 0 Å². The molecule has 0 unspecified atom stereocenters. The number of amides is 2. The summed E-state index contributed by atoms with van der Waals surface area (Å²) in [5, 5.41) is 5.95. The Morgan fingerprint density at radius 1 is 1.00 bits per heavy atom. The van der Waals surface area contributed by atoms with Crippen molar-refractivity contribution in [2.75, 3.05) is 6.54 Å². The van der Waals surface area contributed by atoms with Gasteiger partial charge >= 0.3 is 0 Å². The monoisotopic (exact) mass is 352 g/mol. The lowest BCUT2D eigenvalue weighted by Gasteiger charge is -2.27. The summed E-state index contributed by atoms with van der Waals surface area (Å²) in [6.07, 6.45) is 8.73. The maximum absolute atomic E-state index is 12.3. The van der Waals surface area contributed by atoms with Gasteiger partial charge in [-0.3, -0.25) is 19.6 Å². The quantitative estimate of drug-likeness (QED) is 0.836. The van der Waals surface area contributed by atoms with E-state index in [0.29, 0.717) is 24.7 Å². The van der Waals surface area contributed by atoms with Crippen LogP contribution < -0.4 is 10.6 Å². The standard InChI is InChI=1S/C20H24N4O2/c25-19(23-14-16-4-3-10-21-12-16)17-8-6-15(7-9-17)13-24-20(26)18-5-1-2-11-22-18/h1-5,10-12,15,17H,6-9,13-14H2,(H,23,25)(H,24,26). The van der Waals surface area contributed by atoms with Crippen molar-refractivity contribution in [3.8, 4) is 0 Å². The average Bonchev–Trinajstić information content (AvgIpc) is 2.72. The van der Waals surface area contributed by atoms with E-state index in [1.807, 2.05) is 12.1 Å². The molecule has 2 heterocycles. The number of carbonyl (C=O) groups excluding carboxylic acids is 2. The Morgan fingerprint density at radius 3 is 2.54 bits per heavy atom. The minimum atomic E-state index is -0.137. The topological polar surface area (TPSA) is 84.0 Å². The highest BCUT2D eigenvalue weighted by atomic mass is 16.2. The zero-order valence-corrected chi connectivity index (χ0v) is 14.7. The molecule has 0 spiro atoms. The van der Waals surface area contributed by atoms with Crippen LogP contribution in [0.5, 0.6) is 0 Å². The van der Waals surface area contributed by atoms with Gasteiger partial charge < -0.3 is 10.6 Å². The molecule has 6 nitrogen and oxygen atoms in total. The SMILES string of the molecule is O=C(NCC1CCC(C(=O)NCc2cccnc2)CC1)c1ccccn1. The minimum absolute atomic E-state index is 0.0643. The zero-order chi connectivity index (χ0) is 18.2. The summed E-state index contributed by atoms with van der Waals surface area (Å²) in [6, 6.07) is 9.12. The van der Waals surface area contributed by atoms with Crippen LogP contribution in [0.15, 0.2) is 48.9 Å². The molecular formula is C20H24N4O2. The van der Waals surface area contributed by atoms with E-state index < -0.39 is 0 Å². The van der Waals surface area contributed by atoms with E-state index in [0.717, 1.165) is 31.2 Å². The first kappa shape index (κ1) is 18.0. The Hall–Kier alpha value is -2.76. The second-order valence-corrected chi connectivity index (χ2v) is 6.72. The first-order chi connectivity index (χ1) is 12.7. The molecule has 3 rings (SSSR count). The van der Waals surface area contributed by atoms with Crippen molar-refractivity contribution in [3.63, 3.8) is 0 Å². The van der Waals surface area contributed by atoms with Gasteiger partial charge in [0.2, 0.25) is 5.91 Å². The van der Waals surface area contributed by atoms with Gasteiger partial charge in [-0.05, 0) is 55.4 Å². The summed E-state index contributed by atoms with van der Waals surface area (Å²) in [7, 11) is 0. The van der Waals surface area contributed by atoms with Crippen LogP contribution in [0, 0.1) is 11.8 Å². The third-order valence-corrected chi connectivity index (χ3v) is 4.86. The van der Waals surface area contributed by atoms with Crippen LogP contribution in [-0.4, -0.2) is 28.3 Å². The molecule has 2 amide bonds. The second-order valence-electron chi connectivity index (χ2n) is 6.72. The first-order valence-corrected chi connectivity index (χ1v) is 9.08. The van der Waals surface area contributed by atoms with Gasteiger partial charge in [-0.2, -0.15) is 0 Å². The van der Waals surface area contributed by atoms with Gasteiger partial charge in [0, 0.05) is 37.6 Å². The maximum atomic E-state index is 12.3. The molecule has 0 bridgehead atoms. The number of aromatic nitrogens is 2. The van der Waals surface area contributed by atoms with Crippen molar-refractivity contribution < 1.29 is 9.59 Å². The number of rotatable bonds is 6. The number of nitrogens with one attached hydrogen (secondary N) is 2. The van der Waals surface area contributed by atoms with E-state index in [-0.39, 0.29) is 17.7 Å². The van der Waals surface area contributed by atoms with E-state index in [1.54, 1.807) is 36.8 Å². The molecule has 0 radical (unpaired) electrons. The third-order valence-electron chi connectivity index (χ3n) is 4.86. The van der Waals surface area contributed by atoms with Crippen molar-refractivity contribution in [3.05, 3.63) is 60.2 Å². The zero-order valence-electron chi connectivity index (χ0n) is 14.7. The molecule has 1 aliphatic carbocycles. The van der Waals surface area contributed by atoms with Gasteiger partial charge in [-0.1, -0.05) is 12.1 Å². The van der Waals surface area contributed by atoms with Crippen LogP contribution in [-0.2, 0) is 11.3 Å². The molecule has 0 aromatic carbocycles. The lowest BCUT2D eigenvalue weighted by Crippen LogP contribution is -2.36. The van der Waals surface area contributed by atoms with Gasteiger partial charge in [0.25, 0.3) is 5.91 Å². The van der Waals surface area contributed by atoms with Crippen LogP contribution in [0.3, 0.4) is 0 Å². The molecule has 6 heteroatoms. The lowest BCUT2D eigenvalue weighted by molar-refractivity contribution is -0.126. The molecule has 26 heavy (non-hydrogen) atoms. The van der Waals surface area contributed by atoms with Gasteiger partial charge in [-0.25, -0.2) is 0 Å². The Kier molecular flexibility index (Phi) is 6.30. The Morgan fingerprint density at radius 2 is 1.85 bits per heavy atom. The van der Waals surface area contributed by atoms with Gasteiger partial charge in [0.05, 0.1) is 0 Å². The summed E-state index contributed by atoms with van der Waals surface area (Å²) in [6.45, 7) is 1.16.